The molecule has 1 N–H and O–H groups in total. The fourth-order valence-electron chi connectivity index (χ4n) is 2.45. The maximum Gasteiger partial charge on any atom is 0.165 e. The first-order valence-corrected chi connectivity index (χ1v) is 7.17. The van der Waals surface area contributed by atoms with E-state index < -0.39 is 0 Å². The van der Waals surface area contributed by atoms with Gasteiger partial charge in [0.05, 0.1) is 7.11 Å². The molecule has 0 bridgehead atoms. The van der Waals surface area contributed by atoms with Crippen LogP contribution in [0.5, 0.6) is 5.75 Å². The Morgan fingerprint density at radius 3 is 2.29 bits per heavy atom. The molecule has 2 atom stereocenters. The summed E-state index contributed by atoms with van der Waals surface area (Å²) in [5, 5.41) is 3.53. The van der Waals surface area contributed by atoms with Crippen molar-refractivity contribution in [1.82, 2.24) is 5.32 Å². The van der Waals surface area contributed by atoms with Crippen LogP contribution >= 0.6 is 0 Å². The summed E-state index contributed by atoms with van der Waals surface area (Å²) in [7, 11) is 1.48. The second-order valence-electron chi connectivity index (χ2n) is 5.42. The molecule has 1 unspecified atom stereocenters. The van der Waals surface area contributed by atoms with Crippen molar-refractivity contribution in [3.63, 3.8) is 0 Å². The van der Waals surface area contributed by atoms with Gasteiger partial charge in [0.15, 0.2) is 11.6 Å². The Labute approximate surface area is 126 Å². The van der Waals surface area contributed by atoms with Crippen molar-refractivity contribution in [2.45, 2.75) is 32.9 Å². The Morgan fingerprint density at radius 1 is 1.00 bits per heavy atom. The van der Waals surface area contributed by atoms with E-state index in [0.29, 0.717) is 0 Å². The molecule has 0 radical (unpaired) electrons. The van der Waals surface area contributed by atoms with Gasteiger partial charge in [-0.25, -0.2) is 4.39 Å². The van der Waals surface area contributed by atoms with Gasteiger partial charge in [0.1, 0.15) is 0 Å². The number of ether oxygens (including phenoxy) is 1. The molecule has 0 amide bonds. The zero-order valence-corrected chi connectivity index (χ0v) is 13.0. The van der Waals surface area contributed by atoms with Gasteiger partial charge < -0.3 is 10.1 Å². The lowest BCUT2D eigenvalue weighted by atomic mass is 10.0. The molecule has 0 aromatic heterocycles. The van der Waals surface area contributed by atoms with Crippen LogP contribution in [0.2, 0.25) is 0 Å². The van der Waals surface area contributed by atoms with Crippen LogP contribution in [0.3, 0.4) is 0 Å². The van der Waals surface area contributed by atoms with Crippen LogP contribution in [0.25, 0.3) is 0 Å². The van der Waals surface area contributed by atoms with E-state index in [4.69, 9.17) is 4.74 Å². The molecule has 112 valence electrons. The standard InChI is InChI=1S/C18H22FNO/c1-12-6-5-7-15(10-12)13(2)20-14(3)16-8-9-17(19)18(11-16)21-4/h5-11,13-14,20H,1-4H3/t13-,14?/m0/s1. The van der Waals surface area contributed by atoms with Gasteiger partial charge in [-0.15, -0.1) is 0 Å². The Kier molecular flexibility index (Phi) is 4.97. The number of hydrogen-bond acceptors (Lipinski definition) is 2. The summed E-state index contributed by atoms with van der Waals surface area (Å²) in [4.78, 5) is 0. The number of halogens is 1. The summed E-state index contributed by atoms with van der Waals surface area (Å²) in [5.41, 5.74) is 3.50. The van der Waals surface area contributed by atoms with Crippen LogP contribution in [0.15, 0.2) is 42.5 Å². The number of methoxy groups -OCH3 is 1. The average Bonchev–Trinajstić information content (AvgIpc) is 2.47. The zero-order valence-electron chi connectivity index (χ0n) is 13.0. The number of nitrogens with one attached hydrogen (secondary N) is 1. The molecule has 0 aliphatic heterocycles. The number of aryl methyl sites for hydroxylation is 1. The third-order valence-corrected chi connectivity index (χ3v) is 3.72. The molecule has 2 nitrogen and oxygen atoms in total. The quantitative estimate of drug-likeness (QED) is 0.870. The van der Waals surface area contributed by atoms with E-state index in [2.05, 4.69) is 50.4 Å². The minimum Gasteiger partial charge on any atom is -0.494 e. The molecule has 3 heteroatoms. The van der Waals surface area contributed by atoms with Crippen LogP contribution in [0, 0.1) is 12.7 Å². The normalized spacial score (nSPS) is 13.8. The summed E-state index contributed by atoms with van der Waals surface area (Å²) >= 11 is 0. The molecule has 0 spiro atoms. The molecule has 2 aromatic carbocycles. The molecule has 2 aromatic rings. The van der Waals surface area contributed by atoms with Crippen LogP contribution in [-0.2, 0) is 0 Å². The lowest BCUT2D eigenvalue weighted by Gasteiger charge is -2.21. The predicted octanol–water partition coefficient (Wildman–Crippen LogP) is 4.55. The average molecular weight is 287 g/mol. The highest BCUT2D eigenvalue weighted by molar-refractivity contribution is 5.32. The van der Waals surface area contributed by atoms with E-state index in [1.807, 2.05) is 0 Å². The molecule has 0 fully saturated rings. The van der Waals surface area contributed by atoms with Crippen LogP contribution in [0.4, 0.5) is 4.39 Å². The monoisotopic (exact) mass is 287 g/mol. The molecular weight excluding hydrogens is 265 g/mol. The highest BCUT2D eigenvalue weighted by atomic mass is 19.1. The maximum absolute atomic E-state index is 13.5. The van der Waals surface area contributed by atoms with E-state index >= 15 is 0 Å². The van der Waals surface area contributed by atoms with Gasteiger partial charge >= 0.3 is 0 Å². The second kappa shape index (κ2) is 6.72. The smallest absolute Gasteiger partial charge is 0.165 e. The molecule has 0 aliphatic carbocycles. The van der Waals surface area contributed by atoms with Gasteiger partial charge in [-0.05, 0) is 44.0 Å². The molecule has 2 rings (SSSR count). The van der Waals surface area contributed by atoms with Gasteiger partial charge in [-0.2, -0.15) is 0 Å². The number of benzene rings is 2. The van der Waals surface area contributed by atoms with Crippen molar-refractivity contribution in [1.29, 1.82) is 0 Å². The summed E-state index contributed by atoms with van der Waals surface area (Å²) < 4.78 is 18.5. The van der Waals surface area contributed by atoms with Crippen molar-refractivity contribution in [3.8, 4) is 5.75 Å². The van der Waals surface area contributed by atoms with E-state index in [9.17, 15) is 4.39 Å². The molecular formula is C18H22FNO. The first-order valence-electron chi connectivity index (χ1n) is 7.17. The van der Waals surface area contributed by atoms with Crippen molar-refractivity contribution < 1.29 is 9.13 Å². The number of hydrogen-bond donors (Lipinski definition) is 1. The zero-order chi connectivity index (χ0) is 15.4. The Morgan fingerprint density at radius 2 is 1.67 bits per heavy atom. The fraction of sp³-hybridized carbons (Fsp3) is 0.333. The number of rotatable bonds is 5. The Hall–Kier alpha value is -1.87. The van der Waals surface area contributed by atoms with Gasteiger partial charge in [0.25, 0.3) is 0 Å². The van der Waals surface area contributed by atoms with Crippen molar-refractivity contribution in [2.75, 3.05) is 7.11 Å². The Balaban J connectivity index is 2.12. The molecule has 0 heterocycles. The van der Waals surface area contributed by atoms with Gasteiger partial charge in [-0.3, -0.25) is 0 Å². The van der Waals surface area contributed by atoms with Gasteiger partial charge in [-0.1, -0.05) is 35.9 Å². The molecule has 0 aliphatic rings. The third-order valence-electron chi connectivity index (χ3n) is 3.72. The van der Waals surface area contributed by atoms with Crippen LogP contribution in [0.1, 0.15) is 42.6 Å². The highest BCUT2D eigenvalue weighted by Gasteiger charge is 2.13. The SMILES string of the molecule is COc1cc(C(C)N[C@@H](C)c2cccc(C)c2)ccc1F. The lowest BCUT2D eigenvalue weighted by molar-refractivity contribution is 0.384. The second-order valence-corrected chi connectivity index (χ2v) is 5.42. The third kappa shape index (κ3) is 3.82. The molecule has 0 saturated heterocycles. The van der Waals surface area contributed by atoms with E-state index in [-0.39, 0.29) is 23.7 Å². The highest BCUT2D eigenvalue weighted by Crippen LogP contribution is 2.25. The summed E-state index contributed by atoms with van der Waals surface area (Å²) in [5.74, 6) is -0.0514. The minimum atomic E-state index is -0.333. The van der Waals surface area contributed by atoms with Crippen LogP contribution in [-0.4, -0.2) is 7.11 Å². The summed E-state index contributed by atoms with van der Waals surface area (Å²) in [6.45, 7) is 6.29. The van der Waals surface area contributed by atoms with E-state index in [1.54, 1.807) is 12.1 Å². The van der Waals surface area contributed by atoms with Crippen molar-refractivity contribution >= 4 is 0 Å². The topological polar surface area (TPSA) is 21.3 Å². The lowest BCUT2D eigenvalue weighted by Crippen LogP contribution is -2.22. The molecule has 0 saturated carbocycles. The van der Waals surface area contributed by atoms with Crippen molar-refractivity contribution in [2.24, 2.45) is 0 Å². The minimum absolute atomic E-state index is 0.106. The largest absolute Gasteiger partial charge is 0.494 e. The van der Waals surface area contributed by atoms with E-state index in [0.717, 1.165) is 5.56 Å². The summed E-state index contributed by atoms with van der Waals surface area (Å²) in [6.07, 6.45) is 0. The van der Waals surface area contributed by atoms with Crippen molar-refractivity contribution in [3.05, 3.63) is 65.0 Å². The summed E-state index contributed by atoms with van der Waals surface area (Å²) in [6, 6.07) is 13.8. The fourth-order valence-corrected chi connectivity index (χ4v) is 2.45. The maximum atomic E-state index is 13.5. The first kappa shape index (κ1) is 15.5. The van der Waals surface area contributed by atoms with Gasteiger partial charge in [0.2, 0.25) is 0 Å². The predicted molar refractivity (Wildman–Crippen MR) is 84.1 cm³/mol. The van der Waals surface area contributed by atoms with Gasteiger partial charge in [0, 0.05) is 12.1 Å². The van der Waals surface area contributed by atoms with E-state index in [1.165, 1.54) is 24.3 Å². The van der Waals surface area contributed by atoms with Crippen LogP contribution < -0.4 is 10.1 Å². The molecule has 21 heavy (non-hydrogen) atoms. The first-order chi connectivity index (χ1) is 10.0. The Bertz CT molecular complexity index is 612.